The largest absolute Gasteiger partial charge is 0.313 e. The van der Waals surface area contributed by atoms with E-state index < -0.39 is 0 Å². The van der Waals surface area contributed by atoms with Crippen LogP contribution in [-0.2, 0) is 6.54 Å². The number of hydrogen-bond acceptors (Lipinski definition) is 2. The highest BCUT2D eigenvalue weighted by Crippen LogP contribution is 2.13. The van der Waals surface area contributed by atoms with Gasteiger partial charge in [-0.25, -0.2) is 0 Å². The fraction of sp³-hybridized carbons (Fsp3) is 0.333. The van der Waals surface area contributed by atoms with E-state index in [1.165, 1.54) is 11.1 Å². The molecule has 0 heterocycles. The monoisotopic (exact) mass is 268 g/mol. The molecular weight excluding hydrogens is 244 g/mol. The molecule has 0 aliphatic carbocycles. The number of rotatable bonds is 7. The minimum atomic E-state index is 0.332. The Labute approximate surface area is 122 Å². The Morgan fingerprint density at radius 2 is 1.40 bits per heavy atom. The lowest BCUT2D eigenvalue weighted by Crippen LogP contribution is -2.34. The lowest BCUT2D eigenvalue weighted by atomic mass is 10.1. The molecule has 2 heteroatoms. The first-order valence-corrected chi connectivity index (χ1v) is 7.31. The summed E-state index contributed by atoms with van der Waals surface area (Å²) in [4.78, 5) is 0. The summed E-state index contributed by atoms with van der Waals surface area (Å²) in [6.07, 6.45) is 0. The number of hydrogen-bond donors (Lipinski definition) is 2. The molecule has 0 fully saturated rings. The normalized spacial score (nSPS) is 12.6. The van der Waals surface area contributed by atoms with Crippen molar-refractivity contribution in [3.63, 3.8) is 0 Å². The maximum atomic E-state index is 3.65. The van der Waals surface area contributed by atoms with Crippen molar-refractivity contribution in [3.05, 3.63) is 71.8 Å². The molecule has 0 aromatic heterocycles. The van der Waals surface area contributed by atoms with Crippen molar-refractivity contribution in [2.24, 2.45) is 0 Å². The molecule has 2 rings (SSSR count). The predicted molar refractivity (Wildman–Crippen MR) is 85.6 cm³/mol. The lowest BCUT2D eigenvalue weighted by Gasteiger charge is -2.21. The number of nitrogens with one attached hydrogen (secondary N) is 2. The Morgan fingerprint density at radius 1 is 0.800 bits per heavy atom. The van der Waals surface area contributed by atoms with Crippen LogP contribution in [0.2, 0.25) is 0 Å². The average molecular weight is 268 g/mol. The lowest BCUT2D eigenvalue weighted by molar-refractivity contribution is 0.462. The van der Waals surface area contributed by atoms with Gasteiger partial charge < -0.3 is 10.6 Å². The van der Waals surface area contributed by atoms with E-state index in [2.05, 4.69) is 85.1 Å². The summed E-state index contributed by atoms with van der Waals surface area (Å²) in [7, 11) is 0. The second-order valence-electron chi connectivity index (χ2n) is 5.39. The van der Waals surface area contributed by atoms with Crippen molar-refractivity contribution in [2.75, 3.05) is 6.54 Å². The zero-order chi connectivity index (χ0) is 14.2. The van der Waals surface area contributed by atoms with E-state index in [9.17, 15) is 0 Å². The van der Waals surface area contributed by atoms with Gasteiger partial charge in [0.2, 0.25) is 0 Å². The SMILES string of the molecule is CC(C)NCC(NCc1ccccc1)c1ccccc1. The predicted octanol–water partition coefficient (Wildman–Crippen LogP) is 3.52. The Kier molecular flexibility index (Phi) is 5.78. The van der Waals surface area contributed by atoms with Crippen molar-refractivity contribution in [3.8, 4) is 0 Å². The van der Waals surface area contributed by atoms with Gasteiger partial charge in [-0.3, -0.25) is 0 Å². The maximum absolute atomic E-state index is 3.65. The molecule has 0 spiro atoms. The molecule has 0 bridgehead atoms. The minimum absolute atomic E-state index is 0.332. The van der Waals surface area contributed by atoms with Gasteiger partial charge in [-0.05, 0) is 11.1 Å². The first-order valence-electron chi connectivity index (χ1n) is 7.31. The molecule has 0 saturated carbocycles. The van der Waals surface area contributed by atoms with Crippen LogP contribution in [0.4, 0.5) is 0 Å². The third-order valence-corrected chi connectivity index (χ3v) is 3.33. The molecule has 0 aliphatic rings. The zero-order valence-corrected chi connectivity index (χ0v) is 12.3. The first-order chi connectivity index (χ1) is 9.75. The fourth-order valence-corrected chi connectivity index (χ4v) is 2.18. The van der Waals surface area contributed by atoms with Gasteiger partial charge in [0.05, 0.1) is 0 Å². The van der Waals surface area contributed by atoms with Crippen LogP contribution in [0.5, 0.6) is 0 Å². The van der Waals surface area contributed by atoms with E-state index in [0.29, 0.717) is 12.1 Å². The van der Waals surface area contributed by atoms with Crippen LogP contribution in [0, 0.1) is 0 Å². The standard InChI is InChI=1S/C18H24N2/c1-15(2)19-14-18(17-11-7-4-8-12-17)20-13-16-9-5-3-6-10-16/h3-12,15,18-20H,13-14H2,1-2H3. The van der Waals surface area contributed by atoms with E-state index in [-0.39, 0.29) is 0 Å². The Balaban J connectivity index is 1.99. The summed E-state index contributed by atoms with van der Waals surface area (Å²) in [6.45, 7) is 6.19. The average Bonchev–Trinajstić information content (AvgIpc) is 2.49. The third kappa shape index (κ3) is 4.80. The fourth-order valence-electron chi connectivity index (χ4n) is 2.18. The highest BCUT2D eigenvalue weighted by Gasteiger charge is 2.10. The van der Waals surface area contributed by atoms with Crippen LogP contribution in [0.25, 0.3) is 0 Å². The van der Waals surface area contributed by atoms with Crippen LogP contribution in [0.15, 0.2) is 60.7 Å². The van der Waals surface area contributed by atoms with Crippen molar-refractivity contribution in [1.29, 1.82) is 0 Å². The van der Waals surface area contributed by atoms with Crippen LogP contribution < -0.4 is 10.6 Å². The molecule has 0 radical (unpaired) electrons. The molecule has 0 amide bonds. The smallest absolute Gasteiger partial charge is 0.0449 e. The second kappa shape index (κ2) is 7.83. The Hall–Kier alpha value is -1.64. The van der Waals surface area contributed by atoms with Crippen molar-refractivity contribution in [1.82, 2.24) is 10.6 Å². The maximum Gasteiger partial charge on any atom is 0.0449 e. The van der Waals surface area contributed by atoms with Gasteiger partial charge in [0.1, 0.15) is 0 Å². The van der Waals surface area contributed by atoms with E-state index in [0.717, 1.165) is 13.1 Å². The van der Waals surface area contributed by atoms with Crippen LogP contribution in [0.3, 0.4) is 0 Å². The first kappa shape index (κ1) is 14.8. The van der Waals surface area contributed by atoms with Gasteiger partial charge in [-0.1, -0.05) is 74.5 Å². The molecule has 2 aromatic rings. The molecule has 20 heavy (non-hydrogen) atoms. The summed E-state index contributed by atoms with van der Waals surface area (Å²) in [5, 5.41) is 7.16. The number of benzene rings is 2. The second-order valence-corrected chi connectivity index (χ2v) is 5.39. The molecule has 2 N–H and O–H groups in total. The highest BCUT2D eigenvalue weighted by molar-refractivity contribution is 5.20. The van der Waals surface area contributed by atoms with Gasteiger partial charge in [-0.15, -0.1) is 0 Å². The van der Waals surface area contributed by atoms with E-state index in [1.807, 2.05) is 0 Å². The van der Waals surface area contributed by atoms with Crippen molar-refractivity contribution >= 4 is 0 Å². The minimum Gasteiger partial charge on any atom is -0.313 e. The Morgan fingerprint density at radius 3 is 2.00 bits per heavy atom. The van der Waals surface area contributed by atoms with E-state index in [4.69, 9.17) is 0 Å². The van der Waals surface area contributed by atoms with Gasteiger partial charge in [0.25, 0.3) is 0 Å². The summed E-state index contributed by atoms with van der Waals surface area (Å²) in [5.74, 6) is 0. The highest BCUT2D eigenvalue weighted by atomic mass is 15.0. The van der Waals surface area contributed by atoms with Crippen molar-refractivity contribution in [2.45, 2.75) is 32.5 Å². The van der Waals surface area contributed by atoms with Crippen LogP contribution in [-0.4, -0.2) is 12.6 Å². The summed E-state index contributed by atoms with van der Waals surface area (Å²) < 4.78 is 0. The summed E-state index contributed by atoms with van der Waals surface area (Å²) in [5.41, 5.74) is 2.65. The molecule has 1 atom stereocenters. The van der Waals surface area contributed by atoms with Gasteiger partial charge in [-0.2, -0.15) is 0 Å². The quantitative estimate of drug-likeness (QED) is 0.803. The molecule has 0 aliphatic heterocycles. The van der Waals surface area contributed by atoms with Gasteiger partial charge in [0.15, 0.2) is 0 Å². The van der Waals surface area contributed by atoms with Crippen LogP contribution >= 0.6 is 0 Å². The zero-order valence-electron chi connectivity index (χ0n) is 12.3. The summed E-state index contributed by atoms with van der Waals surface area (Å²) in [6, 6.07) is 22.0. The Bertz CT molecular complexity index is 479. The molecular formula is C18H24N2. The topological polar surface area (TPSA) is 24.1 Å². The van der Waals surface area contributed by atoms with E-state index >= 15 is 0 Å². The van der Waals surface area contributed by atoms with E-state index in [1.54, 1.807) is 0 Å². The molecule has 1 unspecified atom stereocenters. The molecule has 106 valence electrons. The molecule has 2 nitrogen and oxygen atoms in total. The molecule has 0 saturated heterocycles. The molecule has 2 aromatic carbocycles. The third-order valence-electron chi connectivity index (χ3n) is 3.33. The van der Waals surface area contributed by atoms with Crippen molar-refractivity contribution < 1.29 is 0 Å². The van der Waals surface area contributed by atoms with Crippen LogP contribution in [0.1, 0.15) is 31.0 Å². The van der Waals surface area contributed by atoms with Gasteiger partial charge >= 0.3 is 0 Å². The van der Waals surface area contributed by atoms with Gasteiger partial charge in [0, 0.05) is 25.2 Å². The summed E-state index contributed by atoms with van der Waals surface area (Å²) >= 11 is 0.